The SMILES string of the molecule is CSCCC(NC(=O)C(NC(=O)C(CC(=O)O)NC(=O)C(N)CC(=O)O)C(C)C)C(=O)O. The highest BCUT2D eigenvalue weighted by molar-refractivity contribution is 7.98. The minimum atomic E-state index is -1.64. The minimum absolute atomic E-state index is 0.153. The Labute approximate surface area is 188 Å². The summed E-state index contributed by atoms with van der Waals surface area (Å²) < 4.78 is 0. The first-order valence-electron chi connectivity index (χ1n) is 9.62. The van der Waals surface area contributed by atoms with Crippen molar-refractivity contribution in [2.45, 2.75) is 57.3 Å². The first-order chi connectivity index (χ1) is 14.8. The van der Waals surface area contributed by atoms with E-state index in [4.69, 9.17) is 15.9 Å². The molecule has 0 fully saturated rings. The lowest BCUT2D eigenvalue weighted by Gasteiger charge is -2.26. The molecule has 0 heterocycles. The molecule has 0 aromatic carbocycles. The predicted octanol–water partition coefficient (Wildman–Crippen LogP) is -1.79. The second-order valence-electron chi connectivity index (χ2n) is 7.27. The third-order valence-corrected chi connectivity index (χ3v) is 4.86. The van der Waals surface area contributed by atoms with Gasteiger partial charge < -0.3 is 37.0 Å². The van der Waals surface area contributed by atoms with Crippen LogP contribution in [-0.4, -0.2) is 87.1 Å². The molecule has 0 aromatic heterocycles. The second-order valence-corrected chi connectivity index (χ2v) is 8.26. The van der Waals surface area contributed by atoms with Crippen LogP contribution < -0.4 is 21.7 Å². The topological polar surface area (TPSA) is 225 Å². The van der Waals surface area contributed by atoms with E-state index in [1.54, 1.807) is 20.1 Å². The summed E-state index contributed by atoms with van der Waals surface area (Å²) in [5.41, 5.74) is 5.42. The molecular formula is C18H30N4O9S. The average Bonchev–Trinajstić information content (AvgIpc) is 2.66. The minimum Gasteiger partial charge on any atom is -0.481 e. The summed E-state index contributed by atoms with van der Waals surface area (Å²) in [5, 5.41) is 33.8. The number of carbonyl (C=O) groups is 6. The molecule has 182 valence electrons. The zero-order chi connectivity index (χ0) is 25.0. The van der Waals surface area contributed by atoms with Crippen LogP contribution in [0.3, 0.4) is 0 Å². The van der Waals surface area contributed by atoms with Crippen molar-refractivity contribution >= 4 is 47.4 Å². The summed E-state index contributed by atoms with van der Waals surface area (Å²) in [7, 11) is 0. The number of thioether (sulfide) groups is 1. The van der Waals surface area contributed by atoms with Gasteiger partial charge in [0.15, 0.2) is 0 Å². The van der Waals surface area contributed by atoms with Gasteiger partial charge in [0.25, 0.3) is 0 Å². The standard InChI is InChI=1S/C18H30N4O9S/c1-8(2)14(17(29)20-10(18(30)31)4-5-32-3)22-16(28)11(7-13(25)26)21-15(27)9(19)6-12(23)24/h8-11,14H,4-7,19H2,1-3H3,(H,20,29)(H,21,27)(H,22,28)(H,23,24)(H,25,26)(H,30,31). The van der Waals surface area contributed by atoms with Crippen molar-refractivity contribution in [3.8, 4) is 0 Å². The van der Waals surface area contributed by atoms with Gasteiger partial charge in [0.1, 0.15) is 18.1 Å². The Bertz CT molecular complexity index is 717. The number of nitrogens with one attached hydrogen (secondary N) is 3. The Morgan fingerprint density at radius 1 is 0.812 bits per heavy atom. The lowest BCUT2D eigenvalue weighted by Crippen LogP contribution is -2.58. The van der Waals surface area contributed by atoms with Crippen molar-refractivity contribution in [1.29, 1.82) is 0 Å². The molecule has 0 aromatic rings. The monoisotopic (exact) mass is 478 g/mol. The number of carbonyl (C=O) groups excluding carboxylic acids is 3. The number of hydrogen-bond acceptors (Lipinski definition) is 8. The number of nitrogens with two attached hydrogens (primary N) is 1. The molecule has 0 aliphatic rings. The van der Waals surface area contributed by atoms with Crippen LogP contribution in [0.2, 0.25) is 0 Å². The summed E-state index contributed by atoms with van der Waals surface area (Å²) >= 11 is 1.39. The highest BCUT2D eigenvalue weighted by atomic mass is 32.2. The quantitative estimate of drug-likeness (QED) is 0.139. The molecule has 0 saturated carbocycles. The zero-order valence-electron chi connectivity index (χ0n) is 18.0. The molecule has 4 unspecified atom stereocenters. The number of aliphatic carboxylic acids is 3. The van der Waals surface area contributed by atoms with Gasteiger partial charge in [-0.2, -0.15) is 11.8 Å². The fourth-order valence-electron chi connectivity index (χ4n) is 2.49. The van der Waals surface area contributed by atoms with Crippen molar-refractivity contribution in [2.24, 2.45) is 11.7 Å². The molecule has 0 aliphatic carbocycles. The van der Waals surface area contributed by atoms with Crippen molar-refractivity contribution < 1.29 is 44.1 Å². The van der Waals surface area contributed by atoms with Crippen LogP contribution in [0.25, 0.3) is 0 Å². The third-order valence-electron chi connectivity index (χ3n) is 4.22. The van der Waals surface area contributed by atoms with Gasteiger partial charge in [0.05, 0.1) is 18.9 Å². The van der Waals surface area contributed by atoms with E-state index < -0.39 is 78.6 Å². The maximum atomic E-state index is 12.6. The Morgan fingerprint density at radius 3 is 1.78 bits per heavy atom. The summed E-state index contributed by atoms with van der Waals surface area (Å²) in [5.74, 6) is -6.95. The Morgan fingerprint density at radius 2 is 1.34 bits per heavy atom. The van der Waals surface area contributed by atoms with Crippen molar-refractivity contribution in [3.63, 3.8) is 0 Å². The first-order valence-corrected chi connectivity index (χ1v) is 11.0. The van der Waals surface area contributed by atoms with E-state index in [1.165, 1.54) is 11.8 Å². The maximum Gasteiger partial charge on any atom is 0.326 e. The highest BCUT2D eigenvalue weighted by Gasteiger charge is 2.33. The van der Waals surface area contributed by atoms with Gasteiger partial charge >= 0.3 is 17.9 Å². The number of amides is 3. The summed E-state index contributed by atoms with van der Waals surface area (Å²) in [6.07, 6.45) is 0.337. The van der Waals surface area contributed by atoms with Crippen LogP contribution in [0.4, 0.5) is 0 Å². The molecule has 0 bridgehead atoms. The Hall–Kier alpha value is -2.87. The number of carboxylic acids is 3. The molecule has 13 nitrogen and oxygen atoms in total. The van der Waals surface area contributed by atoms with Crippen molar-refractivity contribution in [3.05, 3.63) is 0 Å². The van der Waals surface area contributed by atoms with Gasteiger partial charge in [-0.1, -0.05) is 13.8 Å². The molecule has 8 N–H and O–H groups in total. The van der Waals surface area contributed by atoms with E-state index in [1.807, 2.05) is 0 Å². The van der Waals surface area contributed by atoms with Gasteiger partial charge in [-0.25, -0.2) is 4.79 Å². The predicted molar refractivity (Wildman–Crippen MR) is 114 cm³/mol. The summed E-state index contributed by atoms with van der Waals surface area (Å²) in [6.45, 7) is 3.16. The highest BCUT2D eigenvalue weighted by Crippen LogP contribution is 2.07. The van der Waals surface area contributed by atoms with Crippen LogP contribution in [0, 0.1) is 5.92 Å². The van der Waals surface area contributed by atoms with E-state index in [0.717, 1.165) is 0 Å². The van der Waals surface area contributed by atoms with Gasteiger partial charge in [0, 0.05) is 0 Å². The third kappa shape index (κ3) is 10.9. The van der Waals surface area contributed by atoms with Crippen molar-refractivity contribution in [2.75, 3.05) is 12.0 Å². The van der Waals surface area contributed by atoms with Crippen molar-refractivity contribution in [1.82, 2.24) is 16.0 Å². The first kappa shape index (κ1) is 29.1. The zero-order valence-corrected chi connectivity index (χ0v) is 18.8. The average molecular weight is 479 g/mol. The molecule has 0 saturated heterocycles. The lowest BCUT2D eigenvalue weighted by molar-refractivity contribution is -0.143. The number of hydrogen-bond donors (Lipinski definition) is 7. The Kier molecular flexibility index (Phi) is 13.0. The normalized spacial score (nSPS) is 14.5. The summed E-state index contributed by atoms with van der Waals surface area (Å²) in [6, 6.07) is -5.56. The molecule has 0 aliphatic heterocycles. The molecule has 0 rings (SSSR count). The van der Waals surface area contributed by atoms with E-state index in [-0.39, 0.29) is 6.42 Å². The van der Waals surface area contributed by atoms with Crippen LogP contribution in [0.1, 0.15) is 33.1 Å². The molecule has 4 atom stereocenters. The fourth-order valence-corrected chi connectivity index (χ4v) is 2.96. The van der Waals surface area contributed by atoms with E-state index in [0.29, 0.717) is 5.75 Å². The van der Waals surface area contributed by atoms with E-state index in [9.17, 15) is 33.9 Å². The van der Waals surface area contributed by atoms with Gasteiger partial charge in [-0.15, -0.1) is 0 Å². The number of carboxylic acid groups (broad SMARTS) is 3. The van der Waals surface area contributed by atoms with Crippen LogP contribution >= 0.6 is 11.8 Å². The van der Waals surface area contributed by atoms with Gasteiger partial charge in [-0.05, 0) is 24.3 Å². The van der Waals surface area contributed by atoms with Crippen LogP contribution in [0.15, 0.2) is 0 Å². The lowest BCUT2D eigenvalue weighted by atomic mass is 10.0. The fraction of sp³-hybridized carbons (Fsp3) is 0.667. The molecule has 32 heavy (non-hydrogen) atoms. The largest absolute Gasteiger partial charge is 0.481 e. The molecule has 0 spiro atoms. The molecule has 3 amide bonds. The summed E-state index contributed by atoms with van der Waals surface area (Å²) in [4.78, 5) is 70.4. The van der Waals surface area contributed by atoms with Gasteiger partial charge in [0.2, 0.25) is 17.7 Å². The van der Waals surface area contributed by atoms with E-state index in [2.05, 4.69) is 16.0 Å². The Balaban J connectivity index is 5.41. The molecule has 14 heteroatoms. The van der Waals surface area contributed by atoms with Crippen LogP contribution in [0.5, 0.6) is 0 Å². The molecule has 0 radical (unpaired) electrons. The smallest absolute Gasteiger partial charge is 0.326 e. The second kappa shape index (κ2) is 14.2. The van der Waals surface area contributed by atoms with Crippen LogP contribution in [-0.2, 0) is 28.8 Å². The molecular weight excluding hydrogens is 448 g/mol. The number of rotatable bonds is 15. The van der Waals surface area contributed by atoms with Gasteiger partial charge in [-0.3, -0.25) is 24.0 Å². The maximum absolute atomic E-state index is 12.6. The van der Waals surface area contributed by atoms with E-state index >= 15 is 0 Å².